The fraction of sp³-hybridized carbons (Fsp3) is 0.167. The minimum atomic E-state index is -0.683. The lowest BCUT2D eigenvalue weighted by Gasteiger charge is -2.23. The molecule has 0 spiro atoms. The van der Waals surface area contributed by atoms with Crippen LogP contribution in [0.3, 0.4) is 0 Å². The molecule has 2 rings (SSSR count). The number of esters is 2. The maximum absolute atomic E-state index is 12.3. The zero-order valence-electron chi connectivity index (χ0n) is 13.9. The Labute approximate surface area is 145 Å². The number of carbonyl (C=O) groups excluding carboxylic acids is 3. The van der Waals surface area contributed by atoms with E-state index in [1.165, 1.54) is 25.2 Å². The molecule has 1 amide bonds. The average Bonchev–Trinajstić information content (AvgIpc) is 2.83. The Bertz CT molecular complexity index is 775. The van der Waals surface area contributed by atoms with Crippen molar-refractivity contribution in [3.8, 4) is 0 Å². The summed E-state index contributed by atoms with van der Waals surface area (Å²) < 4.78 is 9.58. The quantitative estimate of drug-likeness (QED) is 0.808. The Hall–Kier alpha value is -3.35. The predicted molar refractivity (Wildman–Crippen MR) is 91.2 cm³/mol. The van der Waals surface area contributed by atoms with E-state index in [2.05, 4.69) is 0 Å². The zero-order valence-corrected chi connectivity index (χ0v) is 13.9. The molecule has 0 saturated carbocycles. The minimum Gasteiger partial charge on any atom is -0.465 e. The molecular weight excluding hydrogens is 324 g/mol. The molecule has 25 heavy (non-hydrogen) atoms. The van der Waals surface area contributed by atoms with Crippen LogP contribution < -0.4 is 10.6 Å². The highest BCUT2D eigenvalue weighted by atomic mass is 16.5. The van der Waals surface area contributed by atoms with Gasteiger partial charge >= 0.3 is 11.9 Å². The fourth-order valence-corrected chi connectivity index (χ4v) is 2.34. The lowest BCUT2D eigenvalue weighted by atomic mass is 10.1. The normalized spacial score (nSPS) is 13.4. The maximum Gasteiger partial charge on any atom is 0.355 e. The summed E-state index contributed by atoms with van der Waals surface area (Å²) in [5.41, 5.74) is 6.63. The van der Waals surface area contributed by atoms with Crippen molar-refractivity contribution in [1.82, 2.24) is 0 Å². The summed E-state index contributed by atoms with van der Waals surface area (Å²) in [6, 6.07) is 6.87. The van der Waals surface area contributed by atoms with Gasteiger partial charge in [0.25, 0.3) is 0 Å². The van der Waals surface area contributed by atoms with Crippen LogP contribution in [0.15, 0.2) is 60.0 Å². The molecule has 1 aromatic carbocycles. The summed E-state index contributed by atoms with van der Waals surface area (Å²) in [7, 11) is 2.47. The molecule has 0 radical (unpaired) electrons. The van der Waals surface area contributed by atoms with Crippen molar-refractivity contribution in [2.45, 2.75) is 6.42 Å². The van der Waals surface area contributed by atoms with E-state index in [9.17, 15) is 14.4 Å². The van der Waals surface area contributed by atoms with E-state index in [1.54, 1.807) is 42.6 Å². The van der Waals surface area contributed by atoms with E-state index in [-0.39, 0.29) is 17.7 Å². The van der Waals surface area contributed by atoms with E-state index in [0.717, 1.165) is 5.56 Å². The van der Waals surface area contributed by atoms with Gasteiger partial charge in [-0.1, -0.05) is 18.2 Å². The number of ether oxygens (including phenoxy) is 2. The number of amides is 1. The van der Waals surface area contributed by atoms with Crippen LogP contribution in [0.2, 0.25) is 0 Å². The summed E-state index contributed by atoms with van der Waals surface area (Å²) in [5.74, 6) is -1.77. The van der Waals surface area contributed by atoms with Crippen LogP contribution in [-0.2, 0) is 30.3 Å². The molecule has 1 aliphatic rings. The van der Waals surface area contributed by atoms with Gasteiger partial charge in [0.15, 0.2) is 0 Å². The molecular formula is C18H18N2O5. The van der Waals surface area contributed by atoms with Gasteiger partial charge in [-0.25, -0.2) is 9.59 Å². The van der Waals surface area contributed by atoms with Crippen LogP contribution in [0.25, 0.3) is 0 Å². The number of hydrogen-bond donors (Lipinski definition) is 1. The monoisotopic (exact) mass is 342 g/mol. The van der Waals surface area contributed by atoms with Gasteiger partial charge in [0.2, 0.25) is 5.91 Å². The van der Waals surface area contributed by atoms with Gasteiger partial charge in [0, 0.05) is 11.9 Å². The molecule has 1 heterocycles. The van der Waals surface area contributed by atoms with E-state index < -0.39 is 17.8 Å². The van der Waals surface area contributed by atoms with Crippen LogP contribution in [0.1, 0.15) is 5.56 Å². The number of anilines is 1. The lowest BCUT2D eigenvalue weighted by Crippen LogP contribution is -2.27. The molecule has 130 valence electrons. The number of methoxy groups -OCH3 is 2. The molecule has 7 nitrogen and oxygen atoms in total. The molecule has 0 unspecified atom stereocenters. The first-order chi connectivity index (χ1) is 12.0. The summed E-state index contributed by atoms with van der Waals surface area (Å²) >= 11 is 0. The summed E-state index contributed by atoms with van der Waals surface area (Å²) in [5, 5.41) is 0. The van der Waals surface area contributed by atoms with Crippen LogP contribution in [0.5, 0.6) is 0 Å². The molecule has 1 aliphatic heterocycles. The Morgan fingerprint density at radius 1 is 1.00 bits per heavy atom. The third-order valence-corrected chi connectivity index (χ3v) is 3.48. The van der Waals surface area contributed by atoms with Gasteiger partial charge in [-0.2, -0.15) is 0 Å². The first-order valence-corrected chi connectivity index (χ1v) is 7.40. The minimum absolute atomic E-state index is 0.0296. The van der Waals surface area contributed by atoms with Gasteiger partial charge in [0.1, 0.15) is 5.70 Å². The van der Waals surface area contributed by atoms with Crippen molar-refractivity contribution in [1.29, 1.82) is 0 Å². The molecule has 7 heteroatoms. The number of carbonyl (C=O) groups is 3. The number of nitrogens with two attached hydrogens (primary N) is 1. The van der Waals surface area contributed by atoms with Gasteiger partial charge in [-0.05, 0) is 29.8 Å². The SMILES string of the molecule is COC(=O)C1=C(C(=O)OC)N(c2ccc(CC(N)=O)cc2)C=CC=C1. The zero-order chi connectivity index (χ0) is 18.4. The molecule has 1 aromatic rings. The van der Waals surface area contributed by atoms with Crippen LogP contribution in [0.4, 0.5) is 5.69 Å². The van der Waals surface area contributed by atoms with Crippen LogP contribution in [-0.4, -0.2) is 32.1 Å². The van der Waals surface area contributed by atoms with Crippen molar-refractivity contribution < 1.29 is 23.9 Å². The first-order valence-electron chi connectivity index (χ1n) is 7.40. The van der Waals surface area contributed by atoms with Gasteiger partial charge in [-0.3, -0.25) is 4.79 Å². The Morgan fingerprint density at radius 3 is 2.20 bits per heavy atom. The average molecular weight is 342 g/mol. The Morgan fingerprint density at radius 2 is 1.64 bits per heavy atom. The molecule has 0 atom stereocenters. The first kappa shape index (κ1) is 18.0. The van der Waals surface area contributed by atoms with Crippen molar-refractivity contribution in [2.24, 2.45) is 5.73 Å². The molecule has 0 fully saturated rings. The summed E-state index contributed by atoms with van der Waals surface area (Å²) in [6.45, 7) is 0. The number of rotatable bonds is 5. The summed E-state index contributed by atoms with van der Waals surface area (Å²) in [6.07, 6.45) is 6.52. The highest BCUT2D eigenvalue weighted by Crippen LogP contribution is 2.26. The molecule has 0 bridgehead atoms. The van der Waals surface area contributed by atoms with Crippen LogP contribution >= 0.6 is 0 Å². The molecule has 2 N–H and O–H groups in total. The highest BCUT2D eigenvalue weighted by Gasteiger charge is 2.27. The molecule has 0 aromatic heterocycles. The van der Waals surface area contributed by atoms with E-state index >= 15 is 0 Å². The molecule has 0 saturated heterocycles. The third-order valence-electron chi connectivity index (χ3n) is 3.48. The van der Waals surface area contributed by atoms with E-state index in [0.29, 0.717) is 5.69 Å². The number of allylic oxidation sites excluding steroid dienone is 2. The standard InChI is InChI=1S/C18H18N2O5/c1-24-17(22)14-5-3-4-10-20(16(14)18(23)25-2)13-8-6-12(7-9-13)11-15(19)21/h3-10H,11H2,1-2H3,(H2,19,21). The number of hydrogen-bond acceptors (Lipinski definition) is 6. The van der Waals surface area contributed by atoms with Crippen molar-refractivity contribution >= 4 is 23.5 Å². The smallest absolute Gasteiger partial charge is 0.355 e. The van der Waals surface area contributed by atoms with Gasteiger partial charge in [-0.15, -0.1) is 0 Å². The topological polar surface area (TPSA) is 98.9 Å². The second kappa shape index (κ2) is 7.96. The number of primary amides is 1. The number of nitrogens with zero attached hydrogens (tertiary/aromatic N) is 1. The van der Waals surface area contributed by atoms with E-state index in [4.69, 9.17) is 15.2 Å². The second-order valence-electron chi connectivity index (χ2n) is 5.13. The largest absolute Gasteiger partial charge is 0.465 e. The van der Waals surface area contributed by atoms with Crippen molar-refractivity contribution in [3.63, 3.8) is 0 Å². The highest BCUT2D eigenvalue weighted by molar-refractivity contribution is 6.05. The third kappa shape index (κ3) is 4.14. The Kier molecular flexibility index (Phi) is 5.73. The van der Waals surface area contributed by atoms with Gasteiger partial charge < -0.3 is 20.1 Å². The maximum atomic E-state index is 12.3. The van der Waals surface area contributed by atoms with E-state index in [1.807, 2.05) is 0 Å². The van der Waals surface area contributed by atoms with Crippen molar-refractivity contribution in [3.05, 3.63) is 65.5 Å². The second-order valence-corrected chi connectivity index (χ2v) is 5.13. The predicted octanol–water partition coefficient (Wildman–Crippen LogP) is 1.20. The summed E-state index contributed by atoms with van der Waals surface area (Å²) in [4.78, 5) is 36.9. The van der Waals surface area contributed by atoms with Crippen LogP contribution in [0, 0.1) is 0 Å². The fourth-order valence-electron chi connectivity index (χ4n) is 2.34. The van der Waals surface area contributed by atoms with Gasteiger partial charge in [0.05, 0.1) is 26.2 Å². The van der Waals surface area contributed by atoms with Crippen molar-refractivity contribution in [2.75, 3.05) is 19.1 Å². The Balaban J connectivity index is 2.51. The molecule has 0 aliphatic carbocycles. The number of benzene rings is 1. The lowest BCUT2D eigenvalue weighted by molar-refractivity contribution is -0.139.